The Morgan fingerprint density at radius 2 is 1.38 bits per heavy atom. The number of aliphatic hydroxyl groups excluding tert-OH is 2. The van der Waals surface area contributed by atoms with Gasteiger partial charge >= 0.3 is 0 Å². The molecule has 5 aromatic rings. The van der Waals surface area contributed by atoms with Gasteiger partial charge in [0.25, 0.3) is 0 Å². The number of nitrogens with zero attached hydrogens (tertiary/aromatic N) is 1. The summed E-state index contributed by atoms with van der Waals surface area (Å²) in [4.78, 5) is 139. The normalized spacial score (nSPS) is 21.6. The first-order valence-electron chi connectivity index (χ1n) is 30.8. The van der Waals surface area contributed by atoms with Gasteiger partial charge in [-0.25, -0.2) is 0 Å². The smallest absolute Gasteiger partial charge is 0.243 e. The molecule has 7 amide bonds. The molecule has 25 nitrogen and oxygen atoms in total. The predicted molar refractivity (Wildman–Crippen MR) is 333 cm³/mol. The zero-order valence-corrected chi connectivity index (χ0v) is 52.1. The van der Waals surface area contributed by atoms with E-state index in [9.17, 15) is 73.5 Å². The van der Waals surface area contributed by atoms with Gasteiger partial charge in [0.15, 0.2) is 17.9 Å². The van der Waals surface area contributed by atoms with Crippen LogP contribution in [0.2, 0.25) is 0 Å². The minimum atomic E-state index is -2.48. The molecule has 0 saturated carbocycles. The number of hydrogen-bond donors (Lipinski definition) is 11. The number of carbonyl (C=O) groups excluding carboxylic acids is 10. The van der Waals surface area contributed by atoms with E-state index in [-0.39, 0.29) is 72.7 Å². The molecule has 0 aromatic heterocycles. The number of fused-ring (bicyclic) bond motifs is 3. The fourth-order valence-electron chi connectivity index (χ4n) is 12.5. The van der Waals surface area contributed by atoms with E-state index in [1.165, 1.54) is 44.1 Å². The van der Waals surface area contributed by atoms with Crippen molar-refractivity contribution in [1.82, 2.24) is 36.8 Å². The Labute approximate surface area is 535 Å². The first-order valence-corrected chi connectivity index (χ1v) is 30.8. The van der Waals surface area contributed by atoms with Crippen molar-refractivity contribution in [2.24, 2.45) is 5.92 Å². The van der Waals surface area contributed by atoms with E-state index in [0.717, 1.165) is 11.1 Å². The molecule has 93 heavy (non-hydrogen) atoms. The molecule has 4 aliphatic rings. The van der Waals surface area contributed by atoms with E-state index < -0.39 is 168 Å². The fraction of sp³-hybridized carbons (Fsp3) is 0.412. The maximum Gasteiger partial charge on any atom is 0.243 e. The van der Waals surface area contributed by atoms with Crippen LogP contribution < -0.4 is 36.6 Å². The van der Waals surface area contributed by atoms with Crippen LogP contribution >= 0.6 is 0 Å². The Morgan fingerprint density at radius 3 is 2.03 bits per heavy atom. The lowest BCUT2D eigenvalue weighted by molar-refractivity contribution is -0.249. The van der Waals surface area contributed by atoms with Crippen molar-refractivity contribution < 1.29 is 87.7 Å². The van der Waals surface area contributed by atoms with E-state index >= 15 is 0 Å². The van der Waals surface area contributed by atoms with Crippen LogP contribution in [0, 0.1) is 5.92 Å². The van der Waals surface area contributed by atoms with Gasteiger partial charge in [-0.05, 0) is 60.4 Å². The molecule has 2 saturated heterocycles. The molecule has 9 rings (SSSR count). The highest BCUT2D eigenvalue weighted by Gasteiger charge is 2.51. The number of aromatic hydroxyl groups is 2. The minimum absolute atomic E-state index is 0.00385. The van der Waals surface area contributed by atoms with Crippen LogP contribution in [0.3, 0.4) is 0 Å². The second kappa shape index (κ2) is 29.5. The topological polar surface area (TPSA) is 375 Å². The summed E-state index contributed by atoms with van der Waals surface area (Å²) in [5.41, 5.74) is -1.66. The van der Waals surface area contributed by atoms with Crippen molar-refractivity contribution in [1.29, 1.82) is 0 Å². The van der Waals surface area contributed by atoms with E-state index in [2.05, 4.69) is 31.9 Å². The number of Topliss-reactive ketones (excluding diaryl/α,β-unsaturated/α-hetero) is 1. The summed E-state index contributed by atoms with van der Waals surface area (Å²) in [5, 5.41) is 73.8. The Kier molecular flexibility index (Phi) is 21.5. The number of ether oxygens (including phenoxy) is 3. The van der Waals surface area contributed by atoms with Gasteiger partial charge < -0.3 is 76.5 Å². The summed E-state index contributed by atoms with van der Waals surface area (Å²) in [6.07, 6.45) is -6.71. The molecule has 0 unspecified atom stereocenters. The largest absolute Gasteiger partial charge is 0.507 e. The number of ketones is 3. The maximum atomic E-state index is 14.9. The van der Waals surface area contributed by atoms with Crippen LogP contribution in [0.1, 0.15) is 120 Å². The van der Waals surface area contributed by atoms with Crippen molar-refractivity contribution >= 4 is 58.7 Å². The number of likely N-dealkylation sites (tertiary alicyclic amines) is 1. The number of hydrogen-bond acceptors (Lipinski definition) is 18. The minimum Gasteiger partial charge on any atom is -0.507 e. The van der Waals surface area contributed by atoms with E-state index in [1.807, 2.05) is 56.3 Å². The summed E-state index contributed by atoms with van der Waals surface area (Å²) >= 11 is 0. The lowest BCUT2D eigenvalue weighted by atomic mass is 9.72. The van der Waals surface area contributed by atoms with Gasteiger partial charge in [-0.2, -0.15) is 0 Å². The number of benzene rings is 5. The van der Waals surface area contributed by atoms with Gasteiger partial charge in [0.2, 0.25) is 47.1 Å². The summed E-state index contributed by atoms with van der Waals surface area (Å²) in [7, 11) is 1.28. The lowest BCUT2D eigenvalue weighted by Gasteiger charge is -2.43. The van der Waals surface area contributed by atoms with Crippen molar-refractivity contribution in [3.63, 3.8) is 0 Å². The molecule has 0 spiro atoms. The number of phenolic OH excluding ortho intramolecular Hbond substituents is 2. The van der Waals surface area contributed by atoms with Crippen LogP contribution in [0.5, 0.6) is 17.2 Å². The quantitative estimate of drug-likeness (QED) is 0.0386. The second-order valence-corrected chi connectivity index (χ2v) is 24.3. The molecule has 2 aliphatic heterocycles. The predicted octanol–water partition coefficient (Wildman–Crippen LogP) is 2.06. The SMILES string of the molecule is COc1cccc2c1C(=O)c1c(O)c3c(c(O)c1C2=O)C[C@@](O)(C(=O)CO)C[C@@H]3O[C@H]1C[C@H](NC(=O)[C@H](Cc2ccccc2)NC(=O)[C@H](Cc2ccc(-c3ccccc3)cc2)NC(=O)CNC(=O)[C@H](CC(C)C)NC(=O)[C@@H]2CCCN2C(=O)CNC(C)=O)[C@H](O)[C@H](C)O1. The maximum absolute atomic E-state index is 14.9. The zero-order valence-electron chi connectivity index (χ0n) is 52.1. The molecule has 10 atom stereocenters. The Hall–Kier alpha value is -9.40. The highest BCUT2D eigenvalue weighted by Crippen LogP contribution is 2.52. The van der Waals surface area contributed by atoms with Gasteiger partial charge in [0.05, 0.1) is 55.1 Å². The molecule has 2 heterocycles. The molecule has 492 valence electrons. The standard InChI is InChI=1S/C68H77N7O18/c1-35(2)26-45(74-67(89)48-19-13-25-75(48)53(80)33-69-37(4)77)64(86)70-32-52(79)71-46(28-39-21-23-41(24-22-39)40-16-10-7-11-17-40)65(87)73-47(27-38-14-8-6-9-15-38)66(88)72-44-29-54(92-36(3)59(44)81)93-50-31-68(90,51(78)34-76)30-43-56(50)63(85)58-57(61(43)83)60(82)42-18-12-20-49(91-5)55(42)62(58)84/h6-12,14-18,20-24,35-36,44-48,50,54,59,76,81,83,85,90H,13,19,25-34H2,1-5H3,(H,69,77)(H,70,86)(H,71,79)(H,72,88)(H,73,87)(H,74,89)/t36-,44-,45-,46-,47-,48-,50-,54-,59+,68-/m0/s1. The number of nitrogens with one attached hydrogen (secondary N) is 6. The van der Waals surface area contributed by atoms with Gasteiger partial charge in [0.1, 0.15) is 59.7 Å². The van der Waals surface area contributed by atoms with Gasteiger partial charge in [-0.15, -0.1) is 0 Å². The van der Waals surface area contributed by atoms with Crippen molar-refractivity contribution in [2.75, 3.05) is 33.4 Å². The third-order valence-corrected chi connectivity index (χ3v) is 17.3. The first kappa shape index (κ1) is 68.0. The van der Waals surface area contributed by atoms with Crippen LogP contribution in [0.25, 0.3) is 11.1 Å². The summed E-state index contributed by atoms with van der Waals surface area (Å²) in [5.74, 6) is -9.25. The third kappa shape index (κ3) is 15.4. The number of carbonyl (C=O) groups is 10. The van der Waals surface area contributed by atoms with Gasteiger partial charge in [-0.3, -0.25) is 47.9 Å². The number of aliphatic hydroxyl groups is 3. The monoisotopic (exact) mass is 1280 g/mol. The fourth-order valence-corrected chi connectivity index (χ4v) is 12.5. The summed E-state index contributed by atoms with van der Waals surface area (Å²) < 4.78 is 17.9. The molecule has 11 N–H and O–H groups in total. The highest BCUT2D eigenvalue weighted by atomic mass is 16.7. The Bertz CT molecular complexity index is 3680. The molecule has 2 aliphatic carbocycles. The zero-order chi connectivity index (χ0) is 67.0. The third-order valence-electron chi connectivity index (χ3n) is 17.3. The summed E-state index contributed by atoms with van der Waals surface area (Å²) in [6.45, 7) is 4.55. The van der Waals surface area contributed by atoms with Crippen LogP contribution in [0.15, 0.2) is 103 Å². The Balaban J connectivity index is 0.949. The van der Waals surface area contributed by atoms with Crippen LogP contribution in [-0.2, 0) is 67.1 Å². The number of amides is 7. The number of phenols is 2. The molecular weight excluding hydrogens is 1200 g/mol. The van der Waals surface area contributed by atoms with E-state index in [1.54, 1.807) is 42.5 Å². The molecule has 5 aromatic carbocycles. The van der Waals surface area contributed by atoms with Gasteiger partial charge in [0, 0.05) is 62.3 Å². The first-order chi connectivity index (χ1) is 44.4. The van der Waals surface area contributed by atoms with Gasteiger partial charge in [-0.1, -0.05) is 111 Å². The highest BCUT2D eigenvalue weighted by molar-refractivity contribution is 6.31. The van der Waals surface area contributed by atoms with Crippen molar-refractivity contribution in [3.05, 3.63) is 148 Å². The van der Waals surface area contributed by atoms with Crippen molar-refractivity contribution in [3.8, 4) is 28.4 Å². The number of methoxy groups -OCH3 is 1. The van der Waals surface area contributed by atoms with Crippen molar-refractivity contribution in [2.45, 2.75) is 139 Å². The van der Waals surface area contributed by atoms with E-state index in [4.69, 9.17) is 14.2 Å². The second-order valence-electron chi connectivity index (χ2n) is 24.3. The lowest BCUT2D eigenvalue weighted by Crippen LogP contribution is -2.60. The average molecular weight is 1280 g/mol. The van der Waals surface area contributed by atoms with E-state index in [0.29, 0.717) is 24.0 Å². The van der Waals surface area contributed by atoms with Crippen LogP contribution in [0.4, 0.5) is 0 Å². The molecular formula is C68H77N7O18. The molecule has 25 heteroatoms. The molecule has 2 fully saturated rings. The number of rotatable bonds is 24. The van der Waals surface area contributed by atoms with Crippen LogP contribution in [-0.4, -0.2) is 177 Å². The molecule has 0 bridgehead atoms. The molecule has 0 radical (unpaired) electrons. The Morgan fingerprint density at radius 1 is 0.731 bits per heavy atom. The average Bonchev–Trinajstić information content (AvgIpc) is 0.926. The summed E-state index contributed by atoms with van der Waals surface area (Å²) in [6, 6.07) is 23.5.